The van der Waals surface area contributed by atoms with Gasteiger partial charge >= 0.3 is 0 Å². The van der Waals surface area contributed by atoms with Crippen LogP contribution in [-0.4, -0.2) is 51.7 Å². The molecule has 5 nitrogen and oxygen atoms in total. The Hall–Kier alpha value is -1.73. The standard InChI is InChI=1S/C18H22BrFN4O/c1-18(2,24-13-15(19)11-21-24)17(25)23-8-6-22(7-9-23)12-14-4-3-5-16(20)10-14/h3-5,10-11,13H,6-9,12H2,1-2H3. The van der Waals surface area contributed by atoms with Crippen molar-refractivity contribution in [3.05, 3.63) is 52.5 Å². The van der Waals surface area contributed by atoms with E-state index < -0.39 is 5.54 Å². The summed E-state index contributed by atoms with van der Waals surface area (Å²) in [5, 5.41) is 4.26. The minimum absolute atomic E-state index is 0.0634. The summed E-state index contributed by atoms with van der Waals surface area (Å²) in [7, 11) is 0. The average Bonchev–Trinajstić information content (AvgIpc) is 3.02. The molecule has 0 atom stereocenters. The predicted molar refractivity (Wildman–Crippen MR) is 97.5 cm³/mol. The molecule has 1 aromatic carbocycles. The number of amides is 1. The highest BCUT2D eigenvalue weighted by Crippen LogP contribution is 2.21. The first-order valence-corrected chi connectivity index (χ1v) is 9.12. The van der Waals surface area contributed by atoms with E-state index in [0.29, 0.717) is 19.6 Å². The summed E-state index contributed by atoms with van der Waals surface area (Å²) in [5.74, 6) is -0.146. The minimum Gasteiger partial charge on any atom is -0.338 e. The highest BCUT2D eigenvalue weighted by Gasteiger charge is 2.35. The summed E-state index contributed by atoms with van der Waals surface area (Å²) in [4.78, 5) is 17.1. The maximum Gasteiger partial charge on any atom is 0.250 e. The Morgan fingerprint density at radius 1 is 1.28 bits per heavy atom. The lowest BCUT2D eigenvalue weighted by Gasteiger charge is -2.38. The van der Waals surface area contributed by atoms with Gasteiger partial charge < -0.3 is 4.90 Å². The molecule has 0 N–H and O–H groups in total. The Balaban J connectivity index is 1.59. The van der Waals surface area contributed by atoms with Crippen molar-refractivity contribution in [2.75, 3.05) is 26.2 Å². The van der Waals surface area contributed by atoms with E-state index >= 15 is 0 Å². The van der Waals surface area contributed by atoms with E-state index in [1.165, 1.54) is 6.07 Å². The van der Waals surface area contributed by atoms with E-state index in [1.54, 1.807) is 23.0 Å². The topological polar surface area (TPSA) is 41.4 Å². The van der Waals surface area contributed by atoms with Gasteiger partial charge in [0, 0.05) is 38.9 Å². The molecule has 0 spiro atoms. The van der Waals surface area contributed by atoms with Crippen LogP contribution in [0.3, 0.4) is 0 Å². The molecule has 25 heavy (non-hydrogen) atoms. The number of rotatable bonds is 4. The molecule has 0 aliphatic carbocycles. The SMILES string of the molecule is CC(C)(C(=O)N1CCN(Cc2cccc(F)c2)CC1)n1cc(Br)cn1. The van der Waals surface area contributed by atoms with E-state index in [1.807, 2.05) is 31.0 Å². The quantitative estimate of drug-likeness (QED) is 0.780. The Morgan fingerprint density at radius 2 is 2.00 bits per heavy atom. The summed E-state index contributed by atoms with van der Waals surface area (Å²) in [6.07, 6.45) is 3.50. The molecule has 2 aromatic rings. The smallest absolute Gasteiger partial charge is 0.250 e. The average molecular weight is 409 g/mol. The molecule has 1 saturated heterocycles. The molecule has 0 unspecified atom stereocenters. The van der Waals surface area contributed by atoms with Crippen LogP contribution in [-0.2, 0) is 16.9 Å². The number of nitrogens with zero attached hydrogens (tertiary/aromatic N) is 4. The first-order valence-electron chi connectivity index (χ1n) is 8.33. The molecule has 1 fully saturated rings. The van der Waals surface area contributed by atoms with Gasteiger partial charge in [0.15, 0.2) is 0 Å². The van der Waals surface area contributed by atoms with Gasteiger partial charge in [-0.05, 0) is 47.5 Å². The lowest BCUT2D eigenvalue weighted by Crippen LogP contribution is -2.54. The number of benzene rings is 1. The van der Waals surface area contributed by atoms with Gasteiger partial charge in [0.05, 0.1) is 10.7 Å². The van der Waals surface area contributed by atoms with Crippen molar-refractivity contribution in [3.8, 4) is 0 Å². The van der Waals surface area contributed by atoms with Crippen LogP contribution in [0.4, 0.5) is 4.39 Å². The van der Waals surface area contributed by atoms with E-state index in [0.717, 1.165) is 23.1 Å². The first kappa shape index (κ1) is 18.1. The van der Waals surface area contributed by atoms with E-state index in [2.05, 4.69) is 25.9 Å². The molecule has 1 aromatic heterocycles. The zero-order chi connectivity index (χ0) is 18.0. The van der Waals surface area contributed by atoms with Gasteiger partial charge in [0.2, 0.25) is 5.91 Å². The van der Waals surface area contributed by atoms with Gasteiger partial charge in [-0.25, -0.2) is 4.39 Å². The number of carbonyl (C=O) groups excluding carboxylic acids is 1. The molecule has 7 heteroatoms. The third-order valence-corrected chi connectivity index (χ3v) is 5.01. The maximum atomic E-state index is 13.3. The van der Waals surface area contributed by atoms with Crippen molar-refractivity contribution in [2.45, 2.75) is 25.9 Å². The number of carbonyl (C=O) groups is 1. The van der Waals surface area contributed by atoms with Crippen molar-refractivity contribution in [2.24, 2.45) is 0 Å². The Labute approximate surface area is 155 Å². The fourth-order valence-corrected chi connectivity index (χ4v) is 3.38. The van der Waals surface area contributed by atoms with Crippen molar-refractivity contribution in [1.82, 2.24) is 19.6 Å². The van der Waals surface area contributed by atoms with Crippen LogP contribution in [0.1, 0.15) is 19.4 Å². The second-order valence-electron chi connectivity index (χ2n) is 6.86. The minimum atomic E-state index is -0.725. The summed E-state index contributed by atoms with van der Waals surface area (Å²) < 4.78 is 15.8. The number of aromatic nitrogens is 2. The van der Waals surface area contributed by atoms with Gasteiger partial charge in [-0.2, -0.15) is 5.10 Å². The van der Waals surface area contributed by atoms with E-state index in [4.69, 9.17) is 0 Å². The second kappa shape index (κ2) is 7.25. The number of piperazine rings is 1. The van der Waals surface area contributed by atoms with Crippen LogP contribution in [0.15, 0.2) is 41.1 Å². The fourth-order valence-electron chi connectivity index (χ4n) is 3.09. The predicted octanol–water partition coefficient (Wildman–Crippen LogP) is 2.86. The molecule has 0 saturated carbocycles. The van der Waals surface area contributed by atoms with Crippen LogP contribution in [0.5, 0.6) is 0 Å². The van der Waals surface area contributed by atoms with E-state index in [-0.39, 0.29) is 11.7 Å². The monoisotopic (exact) mass is 408 g/mol. The number of hydrogen-bond acceptors (Lipinski definition) is 3. The van der Waals surface area contributed by atoms with Crippen molar-refractivity contribution in [3.63, 3.8) is 0 Å². The van der Waals surface area contributed by atoms with Crippen LogP contribution < -0.4 is 0 Å². The lowest BCUT2D eigenvalue weighted by atomic mass is 10.0. The van der Waals surface area contributed by atoms with Gasteiger partial charge in [-0.1, -0.05) is 12.1 Å². The Morgan fingerprint density at radius 3 is 2.60 bits per heavy atom. The molecule has 3 rings (SSSR count). The van der Waals surface area contributed by atoms with Crippen LogP contribution in [0.25, 0.3) is 0 Å². The largest absolute Gasteiger partial charge is 0.338 e. The molecule has 0 bridgehead atoms. The highest BCUT2D eigenvalue weighted by atomic mass is 79.9. The molecule has 1 aliphatic heterocycles. The molecule has 2 heterocycles. The van der Waals surface area contributed by atoms with Crippen molar-refractivity contribution in [1.29, 1.82) is 0 Å². The second-order valence-corrected chi connectivity index (χ2v) is 7.78. The Kier molecular flexibility index (Phi) is 5.24. The molecule has 1 aliphatic rings. The molecule has 1 amide bonds. The number of hydrogen-bond donors (Lipinski definition) is 0. The number of halogens is 2. The molecular weight excluding hydrogens is 387 g/mol. The molecule has 134 valence electrons. The first-order chi connectivity index (χ1) is 11.9. The third-order valence-electron chi connectivity index (χ3n) is 4.60. The molecular formula is C18H22BrFN4O. The van der Waals surface area contributed by atoms with Crippen LogP contribution >= 0.6 is 15.9 Å². The summed E-state index contributed by atoms with van der Waals surface area (Å²) >= 11 is 3.37. The van der Waals surface area contributed by atoms with Crippen molar-refractivity contribution < 1.29 is 9.18 Å². The fraction of sp³-hybridized carbons (Fsp3) is 0.444. The Bertz CT molecular complexity index is 753. The van der Waals surface area contributed by atoms with Gasteiger partial charge in [-0.3, -0.25) is 14.4 Å². The molecule has 0 radical (unpaired) electrons. The summed E-state index contributed by atoms with van der Waals surface area (Å²) in [6.45, 7) is 7.36. The summed E-state index contributed by atoms with van der Waals surface area (Å²) in [5.41, 5.74) is 0.234. The lowest BCUT2D eigenvalue weighted by molar-refractivity contribution is -0.141. The van der Waals surface area contributed by atoms with Crippen molar-refractivity contribution >= 4 is 21.8 Å². The normalized spacial score (nSPS) is 16.2. The zero-order valence-corrected chi connectivity index (χ0v) is 16.0. The van der Waals surface area contributed by atoms with Gasteiger partial charge in [0.25, 0.3) is 0 Å². The summed E-state index contributed by atoms with van der Waals surface area (Å²) in [6, 6.07) is 6.68. The van der Waals surface area contributed by atoms with Crippen LogP contribution in [0.2, 0.25) is 0 Å². The van der Waals surface area contributed by atoms with Gasteiger partial charge in [-0.15, -0.1) is 0 Å². The highest BCUT2D eigenvalue weighted by molar-refractivity contribution is 9.10. The maximum absolute atomic E-state index is 13.3. The van der Waals surface area contributed by atoms with Crippen LogP contribution in [0, 0.1) is 5.82 Å². The van der Waals surface area contributed by atoms with Gasteiger partial charge in [0.1, 0.15) is 11.4 Å². The zero-order valence-electron chi connectivity index (χ0n) is 14.5. The third kappa shape index (κ3) is 4.10. The van der Waals surface area contributed by atoms with E-state index in [9.17, 15) is 9.18 Å².